The van der Waals surface area contributed by atoms with E-state index in [4.69, 9.17) is 9.47 Å². The number of hydrogen-bond donors (Lipinski definition) is 1. The lowest BCUT2D eigenvalue weighted by Crippen LogP contribution is -2.29. The van der Waals surface area contributed by atoms with E-state index in [2.05, 4.69) is 14.9 Å². The largest absolute Gasteiger partial charge is 0.493 e. The number of para-hydroxylation sites is 2. The van der Waals surface area contributed by atoms with E-state index >= 15 is 0 Å². The number of ether oxygens (including phenoxy) is 2. The number of carbonyl (C=O) groups excluding carboxylic acids is 2. The molecule has 0 radical (unpaired) electrons. The monoisotopic (exact) mass is 381 g/mol. The second-order valence-electron chi connectivity index (χ2n) is 6.25. The summed E-state index contributed by atoms with van der Waals surface area (Å²) in [6, 6.07) is 12.7. The van der Waals surface area contributed by atoms with Crippen molar-refractivity contribution in [2.75, 3.05) is 13.7 Å². The molecule has 1 heterocycles. The van der Waals surface area contributed by atoms with Crippen molar-refractivity contribution in [3.8, 4) is 11.5 Å². The van der Waals surface area contributed by atoms with Crippen molar-refractivity contribution in [1.82, 2.24) is 14.9 Å². The fraction of sp³-hybridized carbons (Fsp3) is 0.286. The number of fused-ring (bicyclic) bond motifs is 1. The van der Waals surface area contributed by atoms with Gasteiger partial charge in [0.05, 0.1) is 24.7 Å². The van der Waals surface area contributed by atoms with E-state index in [9.17, 15) is 9.59 Å². The van der Waals surface area contributed by atoms with Crippen LogP contribution in [0.25, 0.3) is 11.0 Å². The highest BCUT2D eigenvalue weighted by atomic mass is 16.5. The molecule has 1 N–H and O–H groups in total. The Kier molecular flexibility index (Phi) is 5.93. The third-order valence-corrected chi connectivity index (χ3v) is 4.42. The smallest absolute Gasteiger partial charge is 0.258 e. The van der Waals surface area contributed by atoms with Crippen LogP contribution in [0, 0.1) is 0 Å². The summed E-state index contributed by atoms with van der Waals surface area (Å²) in [5, 5.41) is 2.83. The number of rotatable bonds is 8. The molecule has 146 valence electrons. The van der Waals surface area contributed by atoms with Crippen molar-refractivity contribution in [2.24, 2.45) is 0 Å². The first-order chi connectivity index (χ1) is 13.5. The normalized spacial score (nSPS) is 10.7. The van der Waals surface area contributed by atoms with Gasteiger partial charge in [0, 0.05) is 12.1 Å². The fourth-order valence-corrected chi connectivity index (χ4v) is 2.99. The molecule has 0 spiro atoms. The zero-order valence-corrected chi connectivity index (χ0v) is 16.2. The van der Waals surface area contributed by atoms with Crippen molar-refractivity contribution in [1.29, 1.82) is 0 Å². The van der Waals surface area contributed by atoms with Gasteiger partial charge >= 0.3 is 0 Å². The predicted molar refractivity (Wildman–Crippen MR) is 106 cm³/mol. The standard InChI is InChI=1S/C21H23N3O4/c1-4-24-17-8-6-5-7-16(17)23-20(24)12-22-21(26)13-28-18-10-9-15(14(2)25)11-19(18)27-3/h5-11H,4,12-13H2,1-3H3,(H,22,26). The van der Waals surface area contributed by atoms with Crippen molar-refractivity contribution < 1.29 is 19.1 Å². The van der Waals surface area contributed by atoms with Gasteiger partial charge in [-0.25, -0.2) is 4.98 Å². The molecule has 7 nitrogen and oxygen atoms in total. The van der Waals surface area contributed by atoms with Crippen LogP contribution in [0.1, 0.15) is 30.0 Å². The molecule has 3 aromatic rings. The maximum absolute atomic E-state index is 12.2. The van der Waals surface area contributed by atoms with Crippen LogP contribution in [0.5, 0.6) is 11.5 Å². The van der Waals surface area contributed by atoms with E-state index in [-0.39, 0.29) is 18.3 Å². The molecule has 3 rings (SSSR count). The maximum atomic E-state index is 12.2. The van der Waals surface area contributed by atoms with Crippen molar-refractivity contribution >= 4 is 22.7 Å². The molecule has 0 atom stereocenters. The molecule has 2 aromatic carbocycles. The summed E-state index contributed by atoms with van der Waals surface area (Å²) in [7, 11) is 1.49. The minimum absolute atomic E-state index is 0.0681. The van der Waals surface area contributed by atoms with Crippen LogP contribution >= 0.6 is 0 Å². The first-order valence-electron chi connectivity index (χ1n) is 9.06. The van der Waals surface area contributed by atoms with Crippen LogP contribution in [0.4, 0.5) is 0 Å². The molecular formula is C21H23N3O4. The van der Waals surface area contributed by atoms with Gasteiger partial charge in [0.1, 0.15) is 5.82 Å². The first kappa shape index (κ1) is 19.4. The number of aromatic nitrogens is 2. The molecule has 0 saturated carbocycles. The SMILES string of the molecule is CCn1c(CNC(=O)COc2ccc(C(C)=O)cc2OC)nc2ccccc21. The molecule has 0 aliphatic carbocycles. The number of ketones is 1. The molecule has 7 heteroatoms. The number of nitrogens with zero attached hydrogens (tertiary/aromatic N) is 2. The predicted octanol–water partition coefficient (Wildman–Crippen LogP) is 2.96. The Morgan fingerprint density at radius 3 is 2.64 bits per heavy atom. The van der Waals surface area contributed by atoms with Gasteiger partial charge < -0.3 is 19.4 Å². The second kappa shape index (κ2) is 8.56. The number of imidazole rings is 1. The molecule has 28 heavy (non-hydrogen) atoms. The van der Waals surface area contributed by atoms with Gasteiger partial charge in [-0.05, 0) is 44.2 Å². The molecule has 1 amide bonds. The van der Waals surface area contributed by atoms with E-state index in [0.29, 0.717) is 23.6 Å². The molecule has 0 bridgehead atoms. The summed E-state index contributed by atoms with van der Waals surface area (Å²) < 4.78 is 12.9. The zero-order valence-electron chi connectivity index (χ0n) is 16.2. The highest BCUT2D eigenvalue weighted by Gasteiger charge is 2.12. The lowest BCUT2D eigenvalue weighted by atomic mass is 10.1. The van der Waals surface area contributed by atoms with Crippen molar-refractivity contribution in [3.63, 3.8) is 0 Å². The summed E-state index contributed by atoms with van der Waals surface area (Å²) in [5.74, 6) is 1.27. The van der Waals surface area contributed by atoms with E-state index in [0.717, 1.165) is 23.4 Å². The van der Waals surface area contributed by atoms with E-state index in [1.54, 1.807) is 18.2 Å². The fourth-order valence-electron chi connectivity index (χ4n) is 2.99. The number of methoxy groups -OCH3 is 1. The average molecular weight is 381 g/mol. The Balaban J connectivity index is 1.62. The number of aryl methyl sites for hydroxylation is 1. The Morgan fingerprint density at radius 2 is 1.93 bits per heavy atom. The summed E-state index contributed by atoms with van der Waals surface area (Å²) in [4.78, 5) is 28.3. The Morgan fingerprint density at radius 1 is 1.14 bits per heavy atom. The van der Waals surface area contributed by atoms with E-state index in [1.165, 1.54) is 14.0 Å². The molecule has 0 aliphatic heterocycles. The number of hydrogen-bond acceptors (Lipinski definition) is 5. The van der Waals surface area contributed by atoms with E-state index < -0.39 is 0 Å². The Bertz CT molecular complexity index is 1010. The minimum atomic E-state index is -0.271. The van der Waals surface area contributed by atoms with Crippen LogP contribution < -0.4 is 14.8 Å². The number of benzene rings is 2. The number of nitrogens with one attached hydrogen (secondary N) is 1. The third-order valence-electron chi connectivity index (χ3n) is 4.42. The van der Waals surface area contributed by atoms with Gasteiger partial charge in [-0.15, -0.1) is 0 Å². The molecule has 0 fully saturated rings. The lowest BCUT2D eigenvalue weighted by Gasteiger charge is -2.12. The number of Topliss-reactive ketones (excluding diaryl/α,β-unsaturated/α-hetero) is 1. The minimum Gasteiger partial charge on any atom is -0.493 e. The lowest BCUT2D eigenvalue weighted by molar-refractivity contribution is -0.123. The molecule has 1 aromatic heterocycles. The van der Waals surface area contributed by atoms with Crippen LogP contribution in [0.15, 0.2) is 42.5 Å². The summed E-state index contributed by atoms with van der Waals surface area (Å²) in [5.41, 5.74) is 2.47. The maximum Gasteiger partial charge on any atom is 0.258 e. The van der Waals surface area contributed by atoms with Gasteiger partial charge in [-0.2, -0.15) is 0 Å². The summed E-state index contributed by atoms with van der Waals surface area (Å²) in [6.07, 6.45) is 0. The van der Waals surface area contributed by atoms with Gasteiger partial charge in [-0.3, -0.25) is 9.59 Å². The molecule has 0 unspecified atom stereocenters. The Labute approximate surface area is 163 Å². The topological polar surface area (TPSA) is 82.5 Å². The van der Waals surface area contributed by atoms with Crippen LogP contribution in [0.3, 0.4) is 0 Å². The molecule has 0 aliphatic rings. The quantitative estimate of drug-likeness (QED) is 0.607. The van der Waals surface area contributed by atoms with Gasteiger partial charge in [0.15, 0.2) is 23.9 Å². The van der Waals surface area contributed by atoms with Crippen LogP contribution in [0.2, 0.25) is 0 Å². The average Bonchev–Trinajstić information content (AvgIpc) is 3.07. The molecular weight excluding hydrogens is 358 g/mol. The summed E-state index contributed by atoms with van der Waals surface area (Å²) in [6.45, 7) is 4.43. The van der Waals surface area contributed by atoms with Crippen LogP contribution in [-0.2, 0) is 17.9 Å². The second-order valence-corrected chi connectivity index (χ2v) is 6.25. The van der Waals surface area contributed by atoms with Gasteiger partial charge in [-0.1, -0.05) is 12.1 Å². The molecule has 0 saturated heterocycles. The Hall–Kier alpha value is -3.35. The first-order valence-corrected chi connectivity index (χ1v) is 9.06. The number of amides is 1. The van der Waals surface area contributed by atoms with Gasteiger partial charge in [0.25, 0.3) is 5.91 Å². The van der Waals surface area contributed by atoms with Crippen molar-refractivity contribution in [3.05, 3.63) is 53.9 Å². The zero-order chi connectivity index (χ0) is 20.1. The summed E-state index contributed by atoms with van der Waals surface area (Å²) >= 11 is 0. The van der Waals surface area contributed by atoms with Gasteiger partial charge in [0.2, 0.25) is 0 Å². The highest BCUT2D eigenvalue weighted by molar-refractivity contribution is 5.94. The van der Waals surface area contributed by atoms with Crippen LogP contribution in [-0.4, -0.2) is 35.0 Å². The van der Waals surface area contributed by atoms with E-state index in [1.807, 2.05) is 31.2 Å². The third kappa shape index (κ3) is 4.14. The van der Waals surface area contributed by atoms with Crippen molar-refractivity contribution in [2.45, 2.75) is 26.9 Å². The highest BCUT2D eigenvalue weighted by Crippen LogP contribution is 2.28. The number of carbonyl (C=O) groups is 2.